The van der Waals surface area contributed by atoms with Gasteiger partial charge in [0.1, 0.15) is 42.2 Å². The standard InChI is InChI=1S/C31H47N9O8S2/c1-50(12-10-17(32)30(45)46)14-19-25(43)26(44)29(48-19)40-16-36-24-27(34-15-35-28(24)40)38-22(42)9-3-2-6-11-33-21(41)8-5-4-7-20-23-18(13-49-20)37-31(47)39-23/h15-20,23,25-26,29,43-44H,2-14,32H2,1H3,(H4-,33,34,35,37,38,39,41,42,45,46,47)/p+1/t17-,18-,19+,20?,23-,25+,26+,29?,50?/m0/s1. The van der Waals surface area contributed by atoms with E-state index < -0.39 is 36.6 Å². The number of ether oxygens (including phenoxy) is 1. The molecule has 9 N–H and O–H groups in total. The minimum atomic E-state index is -1.27. The average molecular weight is 739 g/mol. The van der Waals surface area contributed by atoms with Crippen LogP contribution in [0.2, 0.25) is 0 Å². The number of anilines is 1. The van der Waals surface area contributed by atoms with Gasteiger partial charge in [-0.25, -0.2) is 19.7 Å². The Bertz CT molecular complexity index is 1500. The van der Waals surface area contributed by atoms with Crippen molar-refractivity contribution < 1.29 is 39.2 Å². The summed E-state index contributed by atoms with van der Waals surface area (Å²) < 4.78 is 7.54. The first-order chi connectivity index (χ1) is 24.0. The van der Waals surface area contributed by atoms with E-state index in [1.54, 1.807) is 0 Å². The maximum Gasteiger partial charge on any atom is 0.320 e. The van der Waals surface area contributed by atoms with Crippen LogP contribution in [0.5, 0.6) is 0 Å². The smallest absolute Gasteiger partial charge is 0.320 e. The molecule has 276 valence electrons. The third-order valence-electron chi connectivity index (χ3n) is 9.25. The first-order valence-corrected chi connectivity index (χ1v) is 20.1. The molecule has 2 aromatic rings. The molecule has 0 bridgehead atoms. The highest BCUT2D eigenvalue weighted by molar-refractivity contribution is 8.00. The summed E-state index contributed by atoms with van der Waals surface area (Å²) in [4.78, 5) is 60.3. The van der Waals surface area contributed by atoms with Crippen LogP contribution in [0.1, 0.15) is 64.0 Å². The predicted octanol–water partition coefficient (Wildman–Crippen LogP) is -0.163. The predicted molar refractivity (Wildman–Crippen MR) is 189 cm³/mol. The van der Waals surface area contributed by atoms with Gasteiger partial charge in [-0.15, -0.1) is 0 Å². The van der Waals surface area contributed by atoms with Gasteiger partial charge in [0.15, 0.2) is 23.2 Å². The summed E-state index contributed by atoms with van der Waals surface area (Å²) in [5.41, 5.74) is 6.23. The van der Waals surface area contributed by atoms with Crippen molar-refractivity contribution in [2.75, 3.05) is 35.4 Å². The monoisotopic (exact) mass is 738 g/mol. The molecule has 50 heavy (non-hydrogen) atoms. The molecule has 3 saturated heterocycles. The molecular weight excluding hydrogens is 691 g/mol. The third kappa shape index (κ3) is 9.75. The van der Waals surface area contributed by atoms with Crippen molar-refractivity contribution in [3.63, 3.8) is 0 Å². The summed E-state index contributed by atoms with van der Waals surface area (Å²) >= 11 is 1.88. The minimum absolute atomic E-state index is 0.0245. The van der Waals surface area contributed by atoms with Gasteiger partial charge >= 0.3 is 12.0 Å². The van der Waals surface area contributed by atoms with E-state index in [0.29, 0.717) is 53.7 Å². The number of rotatable bonds is 19. The van der Waals surface area contributed by atoms with E-state index in [1.807, 2.05) is 18.0 Å². The molecule has 0 aliphatic carbocycles. The number of aliphatic carboxylic acids is 1. The first-order valence-electron chi connectivity index (χ1n) is 17.0. The van der Waals surface area contributed by atoms with Gasteiger partial charge in [0, 0.05) is 36.8 Å². The fraction of sp³-hybridized carbons (Fsp3) is 0.710. The second-order valence-corrected chi connectivity index (χ2v) is 16.6. The second-order valence-electron chi connectivity index (χ2n) is 13.1. The molecule has 9 atom stereocenters. The molecular formula is C31H48N9O8S2+. The van der Waals surface area contributed by atoms with Crippen molar-refractivity contribution >= 4 is 63.5 Å². The Morgan fingerprint density at radius 3 is 2.68 bits per heavy atom. The number of thioether (sulfide) groups is 1. The lowest BCUT2D eigenvalue weighted by atomic mass is 10.0. The van der Waals surface area contributed by atoms with Crippen LogP contribution in [0.3, 0.4) is 0 Å². The molecule has 0 radical (unpaired) electrons. The SMILES string of the molecule is C[S+](CC[C@H](N)C(=O)O)C[C@H]1OC(n2cnc3c(NC(=O)CCCCCNC(=O)CCCCC4SC[C@@H]5NC(=O)N[C@H]45)ncnc32)[C@H](O)[C@@H]1O. The lowest BCUT2D eigenvalue weighted by Gasteiger charge is -2.16. The fourth-order valence-electron chi connectivity index (χ4n) is 6.41. The molecule has 0 aromatic carbocycles. The van der Waals surface area contributed by atoms with Crippen LogP contribution in [-0.2, 0) is 30.0 Å². The lowest BCUT2D eigenvalue weighted by Crippen LogP contribution is -2.37. The van der Waals surface area contributed by atoms with E-state index in [1.165, 1.54) is 17.2 Å². The number of aliphatic hydroxyl groups excluding tert-OH is 2. The molecule has 3 aliphatic heterocycles. The Balaban J connectivity index is 0.983. The van der Waals surface area contributed by atoms with Gasteiger partial charge in [-0.3, -0.25) is 19.0 Å². The largest absolute Gasteiger partial charge is 0.480 e. The Labute approximate surface area is 297 Å². The highest BCUT2D eigenvalue weighted by atomic mass is 32.2. The molecule has 5 heterocycles. The Morgan fingerprint density at radius 1 is 1.10 bits per heavy atom. The van der Waals surface area contributed by atoms with Crippen molar-refractivity contribution in [1.82, 2.24) is 35.5 Å². The quantitative estimate of drug-likeness (QED) is 0.0530. The number of carbonyl (C=O) groups excluding carboxylic acids is 3. The molecule has 17 nitrogen and oxygen atoms in total. The zero-order valence-corrected chi connectivity index (χ0v) is 29.7. The van der Waals surface area contributed by atoms with Gasteiger partial charge in [0.05, 0.1) is 24.7 Å². The number of carboxylic acid groups (broad SMARTS) is 1. The topological polar surface area (TPSA) is 256 Å². The van der Waals surface area contributed by atoms with E-state index in [-0.39, 0.29) is 53.1 Å². The Kier molecular flexibility index (Phi) is 13.5. The third-order valence-corrected chi connectivity index (χ3v) is 12.6. The number of aliphatic hydroxyl groups is 2. The van der Waals surface area contributed by atoms with Crippen LogP contribution >= 0.6 is 11.8 Å². The summed E-state index contributed by atoms with van der Waals surface area (Å²) in [6, 6.07) is -0.638. The van der Waals surface area contributed by atoms with Crippen molar-refractivity contribution in [2.45, 2.75) is 106 Å². The van der Waals surface area contributed by atoms with Gasteiger partial charge < -0.3 is 47.1 Å². The number of hydrogen-bond donors (Lipinski definition) is 8. The number of imidazole rings is 1. The number of hydrogen-bond acceptors (Lipinski definition) is 12. The molecule has 2 aromatic heterocycles. The average Bonchev–Trinajstić information content (AvgIpc) is 3.84. The maximum atomic E-state index is 12.7. The fourth-order valence-corrected chi connectivity index (χ4v) is 9.62. The van der Waals surface area contributed by atoms with Crippen molar-refractivity contribution in [3.05, 3.63) is 12.7 Å². The van der Waals surface area contributed by atoms with E-state index in [9.17, 15) is 29.4 Å². The van der Waals surface area contributed by atoms with E-state index in [4.69, 9.17) is 15.6 Å². The van der Waals surface area contributed by atoms with Crippen LogP contribution in [0.4, 0.5) is 10.6 Å². The minimum Gasteiger partial charge on any atom is -0.480 e. The number of nitrogens with two attached hydrogens (primary N) is 1. The van der Waals surface area contributed by atoms with Crippen molar-refractivity contribution in [3.8, 4) is 0 Å². The number of nitrogens with zero attached hydrogens (tertiary/aromatic N) is 4. The van der Waals surface area contributed by atoms with Crippen LogP contribution in [0.15, 0.2) is 12.7 Å². The summed E-state index contributed by atoms with van der Waals surface area (Å²) in [5.74, 6) is 0.833. The number of urea groups is 1. The summed E-state index contributed by atoms with van der Waals surface area (Å²) in [5, 5.41) is 42.6. The number of nitrogens with one attached hydrogen (secondary N) is 4. The molecule has 19 heteroatoms. The van der Waals surface area contributed by atoms with Crippen LogP contribution in [0, 0.1) is 0 Å². The summed E-state index contributed by atoms with van der Waals surface area (Å²) in [7, 11) is -0.310. The maximum absolute atomic E-state index is 12.7. The van der Waals surface area contributed by atoms with Gasteiger partial charge in [-0.05, 0) is 36.6 Å². The molecule has 3 aliphatic rings. The van der Waals surface area contributed by atoms with E-state index in [0.717, 1.165) is 37.9 Å². The zero-order chi connectivity index (χ0) is 35.8. The molecule has 3 unspecified atom stereocenters. The van der Waals surface area contributed by atoms with E-state index in [2.05, 4.69) is 36.2 Å². The number of amides is 4. The molecule has 3 fully saturated rings. The van der Waals surface area contributed by atoms with Crippen LogP contribution in [-0.4, -0.2) is 130 Å². The highest BCUT2D eigenvalue weighted by Crippen LogP contribution is 2.34. The second kappa shape index (κ2) is 17.8. The summed E-state index contributed by atoms with van der Waals surface area (Å²) in [6.45, 7) is 0.549. The molecule has 4 amide bonds. The molecule has 0 spiro atoms. The number of carboxylic acids is 1. The zero-order valence-electron chi connectivity index (χ0n) is 28.0. The van der Waals surface area contributed by atoms with Gasteiger partial charge in [0.2, 0.25) is 11.8 Å². The number of unbranched alkanes of at least 4 members (excludes halogenated alkanes) is 3. The van der Waals surface area contributed by atoms with Crippen molar-refractivity contribution in [2.24, 2.45) is 5.73 Å². The number of aromatic nitrogens is 4. The van der Waals surface area contributed by atoms with E-state index >= 15 is 0 Å². The van der Waals surface area contributed by atoms with Gasteiger partial charge in [0.25, 0.3) is 0 Å². The van der Waals surface area contributed by atoms with Crippen LogP contribution < -0.4 is 27.0 Å². The van der Waals surface area contributed by atoms with Gasteiger partial charge in [-0.2, -0.15) is 11.8 Å². The Morgan fingerprint density at radius 2 is 1.88 bits per heavy atom. The van der Waals surface area contributed by atoms with Gasteiger partial charge in [-0.1, -0.05) is 12.8 Å². The molecule has 5 rings (SSSR count). The number of carbonyl (C=O) groups is 4. The lowest BCUT2D eigenvalue weighted by molar-refractivity contribution is -0.138. The van der Waals surface area contributed by atoms with Crippen LogP contribution in [0.25, 0.3) is 11.2 Å². The summed E-state index contributed by atoms with van der Waals surface area (Å²) in [6.07, 6.45) is 6.40. The van der Waals surface area contributed by atoms with Crippen molar-refractivity contribution in [1.29, 1.82) is 0 Å². The highest BCUT2D eigenvalue weighted by Gasteiger charge is 2.47. The normalized spacial score (nSPS) is 27.0. The molecule has 0 saturated carbocycles. The number of fused-ring (bicyclic) bond motifs is 2. The first kappa shape index (κ1) is 38.0. The Hall–Kier alpha value is -3.23.